The van der Waals surface area contributed by atoms with Gasteiger partial charge in [-0.3, -0.25) is 5.01 Å². The third-order valence-electron chi connectivity index (χ3n) is 2.67. The molecule has 0 spiro atoms. The van der Waals surface area contributed by atoms with E-state index in [4.69, 9.17) is 0 Å². The second-order valence-electron chi connectivity index (χ2n) is 3.82. The molecule has 0 aliphatic rings. The van der Waals surface area contributed by atoms with Crippen LogP contribution < -0.4 is 5.01 Å². The summed E-state index contributed by atoms with van der Waals surface area (Å²) in [7, 11) is 1.94. The van der Waals surface area contributed by atoms with Gasteiger partial charge in [-0.1, -0.05) is 35.2 Å². The lowest BCUT2D eigenvalue weighted by Crippen LogP contribution is -2.26. The topological polar surface area (TPSA) is 34.0 Å². The Balaban J connectivity index is 2.04. The lowest BCUT2D eigenvalue weighted by Gasteiger charge is -2.16. The van der Waals surface area contributed by atoms with Gasteiger partial charge in [0.05, 0.1) is 5.69 Å². The average molecular weight is 224 g/mol. The van der Waals surface area contributed by atoms with Gasteiger partial charge >= 0.3 is 0 Å². The number of rotatable bonds is 2. The number of hydrogen-bond acceptors (Lipinski definition) is 3. The first-order valence-electron chi connectivity index (χ1n) is 5.46. The summed E-state index contributed by atoms with van der Waals surface area (Å²) in [5, 5.41) is 10.7. The number of aromatic nitrogens is 3. The zero-order chi connectivity index (χ0) is 11.7. The zero-order valence-electron chi connectivity index (χ0n) is 9.49. The van der Waals surface area contributed by atoms with Crippen LogP contribution in [0.3, 0.4) is 0 Å². The van der Waals surface area contributed by atoms with Crippen molar-refractivity contribution in [3.8, 4) is 0 Å². The molecule has 84 valence electrons. The summed E-state index contributed by atoms with van der Waals surface area (Å²) in [6.07, 6.45) is 0. The smallest absolute Gasteiger partial charge is 0.115 e. The van der Waals surface area contributed by atoms with E-state index in [0.29, 0.717) is 0 Å². The molecule has 17 heavy (non-hydrogen) atoms. The Morgan fingerprint density at radius 3 is 1.94 bits per heavy atom. The highest BCUT2D eigenvalue weighted by molar-refractivity contribution is 5.73. The van der Waals surface area contributed by atoms with Crippen molar-refractivity contribution in [2.75, 3.05) is 12.1 Å². The van der Waals surface area contributed by atoms with Crippen LogP contribution in [0.2, 0.25) is 0 Å². The average Bonchev–Trinajstić information content (AvgIpc) is 2.82. The van der Waals surface area contributed by atoms with Gasteiger partial charge in [0.1, 0.15) is 11.0 Å². The van der Waals surface area contributed by atoms with Gasteiger partial charge in [-0.2, -0.15) is 0 Å². The Morgan fingerprint density at radius 2 is 1.35 bits per heavy atom. The van der Waals surface area contributed by atoms with Crippen LogP contribution in [-0.2, 0) is 0 Å². The van der Waals surface area contributed by atoms with Crippen molar-refractivity contribution in [2.24, 2.45) is 0 Å². The lowest BCUT2D eigenvalue weighted by atomic mass is 10.3. The summed E-state index contributed by atoms with van der Waals surface area (Å²) < 4.78 is 0. The molecule has 0 atom stereocenters. The molecular weight excluding hydrogens is 212 g/mol. The van der Waals surface area contributed by atoms with Gasteiger partial charge in [-0.15, -0.1) is 10.2 Å². The van der Waals surface area contributed by atoms with Crippen molar-refractivity contribution in [3.63, 3.8) is 0 Å². The van der Waals surface area contributed by atoms with E-state index in [0.717, 1.165) is 16.7 Å². The molecule has 0 N–H and O–H groups in total. The predicted molar refractivity (Wildman–Crippen MR) is 67.8 cm³/mol. The van der Waals surface area contributed by atoms with Gasteiger partial charge in [0.25, 0.3) is 0 Å². The molecule has 2 aromatic carbocycles. The zero-order valence-corrected chi connectivity index (χ0v) is 9.49. The fraction of sp³-hybridized carbons (Fsp3) is 0.0769. The van der Waals surface area contributed by atoms with E-state index in [9.17, 15) is 0 Å². The molecule has 0 aliphatic heterocycles. The van der Waals surface area contributed by atoms with Crippen molar-refractivity contribution in [2.45, 2.75) is 0 Å². The number of para-hydroxylation sites is 1. The molecule has 0 amide bonds. The van der Waals surface area contributed by atoms with Crippen LogP contribution in [-0.4, -0.2) is 22.2 Å². The monoisotopic (exact) mass is 224 g/mol. The first-order valence-corrected chi connectivity index (χ1v) is 5.46. The number of fused-ring (bicyclic) bond motifs is 1. The quantitative estimate of drug-likeness (QED) is 0.670. The van der Waals surface area contributed by atoms with E-state index in [1.54, 1.807) is 4.91 Å². The van der Waals surface area contributed by atoms with Gasteiger partial charge in [0, 0.05) is 7.05 Å². The van der Waals surface area contributed by atoms with Gasteiger partial charge in [0.15, 0.2) is 0 Å². The summed E-state index contributed by atoms with van der Waals surface area (Å²) in [6, 6.07) is 17.9. The molecule has 3 rings (SSSR count). The second-order valence-corrected chi connectivity index (χ2v) is 3.82. The maximum absolute atomic E-state index is 4.42. The van der Waals surface area contributed by atoms with E-state index in [1.807, 2.05) is 66.7 Å². The Labute approximate surface area is 99.1 Å². The van der Waals surface area contributed by atoms with Crippen molar-refractivity contribution in [1.82, 2.24) is 15.1 Å². The normalized spacial score (nSPS) is 10.6. The highest BCUT2D eigenvalue weighted by Crippen LogP contribution is 2.13. The molecule has 1 heterocycles. The van der Waals surface area contributed by atoms with E-state index in [1.165, 1.54) is 0 Å². The highest BCUT2D eigenvalue weighted by atomic mass is 15.8. The van der Waals surface area contributed by atoms with E-state index in [2.05, 4.69) is 10.2 Å². The van der Waals surface area contributed by atoms with Crippen LogP contribution in [0.15, 0.2) is 54.6 Å². The summed E-state index contributed by atoms with van der Waals surface area (Å²) in [6.45, 7) is 0. The molecule has 0 aliphatic carbocycles. The standard InChI is InChI=1S/C13H12N4/c1-16(11-7-3-2-4-8-11)17-14-12-9-5-6-10-13(12)15-17/h2-10H,1H3. The van der Waals surface area contributed by atoms with Crippen LogP contribution in [0.4, 0.5) is 5.69 Å². The SMILES string of the molecule is CN(c1ccccc1)n1nc2ccccc2n1. The third kappa shape index (κ3) is 1.73. The predicted octanol–water partition coefficient (Wildman–Crippen LogP) is 2.33. The molecule has 0 radical (unpaired) electrons. The van der Waals surface area contributed by atoms with Crippen molar-refractivity contribution >= 4 is 16.7 Å². The van der Waals surface area contributed by atoms with E-state index in [-0.39, 0.29) is 0 Å². The second kappa shape index (κ2) is 3.90. The van der Waals surface area contributed by atoms with Crippen LogP contribution in [0.25, 0.3) is 11.0 Å². The lowest BCUT2D eigenvalue weighted by molar-refractivity contribution is 0.589. The number of anilines is 1. The third-order valence-corrected chi connectivity index (χ3v) is 2.67. The first-order chi connectivity index (χ1) is 8.34. The van der Waals surface area contributed by atoms with Gasteiger partial charge in [-0.05, 0) is 24.3 Å². The molecule has 0 saturated heterocycles. The Bertz CT molecular complexity index is 597. The fourth-order valence-corrected chi connectivity index (χ4v) is 1.73. The van der Waals surface area contributed by atoms with Gasteiger partial charge < -0.3 is 0 Å². The molecule has 3 aromatic rings. The number of hydrogen-bond donors (Lipinski definition) is 0. The molecule has 0 fully saturated rings. The Hall–Kier alpha value is -2.36. The summed E-state index contributed by atoms with van der Waals surface area (Å²) in [5.41, 5.74) is 2.85. The highest BCUT2D eigenvalue weighted by Gasteiger charge is 2.06. The summed E-state index contributed by atoms with van der Waals surface area (Å²) in [5.74, 6) is 0. The molecule has 0 unspecified atom stereocenters. The molecular formula is C13H12N4. The van der Waals surface area contributed by atoms with Crippen molar-refractivity contribution in [1.29, 1.82) is 0 Å². The minimum Gasteiger partial charge on any atom is -0.251 e. The Morgan fingerprint density at radius 1 is 0.824 bits per heavy atom. The summed E-state index contributed by atoms with van der Waals surface area (Å²) in [4.78, 5) is 1.61. The minimum atomic E-state index is 0.898. The van der Waals surface area contributed by atoms with E-state index < -0.39 is 0 Å². The fourth-order valence-electron chi connectivity index (χ4n) is 1.73. The van der Waals surface area contributed by atoms with Gasteiger partial charge in [0.2, 0.25) is 0 Å². The molecule has 0 saturated carbocycles. The largest absolute Gasteiger partial charge is 0.251 e. The van der Waals surface area contributed by atoms with Crippen molar-refractivity contribution < 1.29 is 0 Å². The van der Waals surface area contributed by atoms with E-state index >= 15 is 0 Å². The summed E-state index contributed by atoms with van der Waals surface area (Å²) >= 11 is 0. The number of benzene rings is 2. The van der Waals surface area contributed by atoms with Crippen LogP contribution >= 0.6 is 0 Å². The molecule has 4 nitrogen and oxygen atoms in total. The number of nitrogens with zero attached hydrogens (tertiary/aromatic N) is 4. The maximum Gasteiger partial charge on any atom is 0.115 e. The first kappa shape index (κ1) is 9.84. The molecule has 1 aromatic heterocycles. The van der Waals surface area contributed by atoms with Crippen LogP contribution in [0.1, 0.15) is 0 Å². The van der Waals surface area contributed by atoms with Crippen LogP contribution in [0.5, 0.6) is 0 Å². The maximum atomic E-state index is 4.42. The minimum absolute atomic E-state index is 0.898. The van der Waals surface area contributed by atoms with Gasteiger partial charge in [-0.25, -0.2) is 0 Å². The Kier molecular flexibility index (Phi) is 2.26. The van der Waals surface area contributed by atoms with Crippen molar-refractivity contribution in [3.05, 3.63) is 54.6 Å². The van der Waals surface area contributed by atoms with Crippen LogP contribution in [0, 0.1) is 0 Å². The molecule has 4 heteroatoms. The molecule has 0 bridgehead atoms.